The maximum Gasteiger partial charge on any atom is 0.277 e. The zero-order chi connectivity index (χ0) is 14.0. The molecule has 0 unspecified atom stereocenters. The lowest BCUT2D eigenvalue weighted by Gasteiger charge is -2.07. The summed E-state index contributed by atoms with van der Waals surface area (Å²) in [6.45, 7) is 3.90. The van der Waals surface area contributed by atoms with Crippen molar-refractivity contribution in [2.75, 3.05) is 5.32 Å². The molecule has 0 bridgehead atoms. The number of aryl methyl sites for hydroxylation is 1. The molecule has 1 amide bonds. The van der Waals surface area contributed by atoms with Crippen molar-refractivity contribution in [2.24, 2.45) is 7.05 Å². The highest BCUT2D eigenvalue weighted by atomic mass is 35.5. The second kappa shape index (κ2) is 5.36. The summed E-state index contributed by atoms with van der Waals surface area (Å²) in [5.41, 5.74) is 0.158. The molecule has 0 aromatic carbocycles. The third-order valence-corrected chi connectivity index (χ3v) is 2.73. The molecule has 1 N–H and O–H groups in total. The Labute approximate surface area is 115 Å². The molecule has 0 saturated carbocycles. The average molecular weight is 280 g/mol. The van der Waals surface area contributed by atoms with Crippen molar-refractivity contribution in [3.05, 3.63) is 35.0 Å². The number of carbonyl (C=O) groups excluding carboxylic acids is 1. The van der Waals surface area contributed by atoms with Crippen LogP contribution >= 0.6 is 11.6 Å². The van der Waals surface area contributed by atoms with Crippen LogP contribution in [0.3, 0.4) is 0 Å². The molecule has 7 heteroatoms. The Morgan fingerprint density at radius 1 is 1.47 bits per heavy atom. The number of nitrogens with zero attached hydrogens (tertiary/aromatic N) is 4. The molecule has 0 fully saturated rings. The van der Waals surface area contributed by atoms with Crippen LogP contribution in [0.15, 0.2) is 18.5 Å². The normalized spacial score (nSPS) is 10.8. The van der Waals surface area contributed by atoms with Crippen molar-refractivity contribution < 1.29 is 4.79 Å². The summed E-state index contributed by atoms with van der Waals surface area (Å²) in [6, 6.07) is 1.69. The summed E-state index contributed by atoms with van der Waals surface area (Å²) >= 11 is 5.96. The lowest BCUT2D eigenvalue weighted by molar-refractivity contribution is 0.102. The molecule has 0 saturated heterocycles. The maximum atomic E-state index is 12.1. The summed E-state index contributed by atoms with van der Waals surface area (Å²) in [5, 5.41) is 6.92. The molecule has 2 aromatic rings. The van der Waals surface area contributed by atoms with Crippen molar-refractivity contribution in [3.63, 3.8) is 0 Å². The lowest BCUT2D eigenvalue weighted by atomic mass is 10.2. The van der Waals surface area contributed by atoms with Crippen LogP contribution in [-0.2, 0) is 7.05 Å². The van der Waals surface area contributed by atoms with Crippen molar-refractivity contribution >= 4 is 23.3 Å². The minimum absolute atomic E-state index is 0.124. The van der Waals surface area contributed by atoms with Gasteiger partial charge >= 0.3 is 0 Å². The van der Waals surface area contributed by atoms with Gasteiger partial charge in [0, 0.05) is 25.2 Å². The fourth-order valence-electron chi connectivity index (χ4n) is 1.48. The van der Waals surface area contributed by atoms with Crippen molar-refractivity contribution in [1.82, 2.24) is 19.7 Å². The molecule has 0 radical (unpaired) electrons. The van der Waals surface area contributed by atoms with E-state index in [1.54, 1.807) is 24.0 Å². The number of rotatable bonds is 3. The van der Waals surface area contributed by atoms with Gasteiger partial charge in [0.2, 0.25) is 0 Å². The van der Waals surface area contributed by atoms with Gasteiger partial charge in [-0.05, 0) is 0 Å². The van der Waals surface area contributed by atoms with E-state index in [0.717, 1.165) is 0 Å². The van der Waals surface area contributed by atoms with Crippen LogP contribution in [0.25, 0.3) is 0 Å². The van der Waals surface area contributed by atoms with Crippen LogP contribution in [0, 0.1) is 0 Å². The number of carbonyl (C=O) groups is 1. The second-order valence-electron chi connectivity index (χ2n) is 4.41. The van der Waals surface area contributed by atoms with Gasteiger partial charge in [-0.15, -0.1) is 0 Å². The van der Waals surface area contributed by atoms with E-state index >= 15 is 0 Å². The molecule has 0 atom stereocenters. The van der Waals surface area contributed by atoms with Gasteiger partial charge in [0.05, 0.1) is 11.2 Å². The number of anilines is 1. The fraction of sp³-hybridized carbons (Fsp3) is 0.333. The summed E-state index contributed by atoms with van der Waals surface area (Å²) in [7, 11) is 1.77. The highest BCUT2D eigenvalue weighted by Crippen LogP contribution is 2.17. The lowest BCUT2D eigenvalue weighted by Crippen LogP contribution is -2.16. The van der Waals surface area contributed by atoms with Crippen LogP contribution in [0.1, 0.15) is 36.1 Å². The standard InChI is InChI=1S/C12H14ClN5O/c1-7(2)11-14-6-8(13)10(16-11)12(19)15-9-4-5-18(3)17-9/h4-7H,1-3H3,(H,15,17,19). The molecular formula is C12H14ClN5O. The first kappa shape index (κ1) is 13.5. The summed E-state index contributed by atoms with van der Waals surface area (Å²) in [6.07, 6.45) is 3.17. The Morgan fingerprint density at radius 2 is 2.21 bits per heavy atom. The van der Waals surface area contributed by atoms with Gasteiger partial charge in [-0.3, -0.25) is 9.48 Å². The zero-order valence-electron chi connectivity index (χ0n) is 10.9. The molecule has 19 heavy (non-hydrogen) atoms. The molecule has 0 spiro atoms. The molecule has 100 valence electrons. The molecule has 0 aliphatic heterocycles. The van der Waals surface area contributed by atoms with E-state index in [9.17, 15) is 4.79 Å². The number of hydrogen-bond acceptors (Lipinski definition) is 4. The highest BCUT2D eigenvalue weighted by Gasteiger charge is 2.16. The molecule has 2 heterocycles. The van der Waals surface area contributed by atoms with Crippen LogP contribution in [-0.4, -0.2) is 25.7 Å². The number of hydrogen-bond donors (Lipinski definition) is 1. The van der Waals surface area contributed by atoms with Gasteiger partial charge in [-0.25, -0.2) is 9.97 Å². The molecular weight excluding hydrogens is 266 g/mol. The van der Waals surface area contributed by atoms with E-state index in [-0.39, 0.29) is 16.6 Å². The van der Waals surface area contributed by atoms with Crippen LogP contribution in [0.2, 0.25) is 5.02 Å². The van der Waals surface area contributed by atoms with Gasteiger partial charge in [0.1, 0.15) is 5.82 Å². The van der Waals surface area contributed by atoms with E-state index in [4.69, 9.17) is 11.6 Å². The monoisotopic (exact) mass is 279 g/mol. The minimum atomic E-state index is -0.395. The van der Waals surface area contributed by atoms with E-state index in [1.165, 1.54) is 6.20 Å². The molecule has 6 nitrogen and oxygen atoms in total. The topological polar surface area (TPSA) is 72.7 Å². The molecule has 2 aromatic heterocycles. The number of halogens is 1. The quantitative estimate of drug-likeness (QED) is 0.935. The van der Waals surface area contributed by atoms with Crippen LogP contribution < -0.4 is 5.32 Å². The van der Waals surface area contributed by atoms with Crippen molar-refractivity contribution in [2.45, 2.75) is 19.8 Å². The maximum absolute atomic E-state index is 12.1. The first-order chi connectivity index (χ1) is 8.97. The van der Waals surface area contributed by atoms with Crippen molar-refractivity contribution in [3.8, 4) is 0 Å². The van der Waals surface area contributed by atoms with Gasteiger partial charge in [0.25, 0.3) is 5.91 Å². The predicted octanol–water partition coefficient (Wildman–Crippen LogP) is 2.24. The number of nitrogens with one attached hydrogen (secondary N) is 1. The van der Waals surface area contributed by atoms with Gasteiger partial charge in [-0.2, -0.15) is 5.10 Å². The van der Waals surface area contributed by atoms with E-state index < -0.39 is 5.91 Å². The van der Waals surface area contributed by atoms with Gasteiger partial charge in [-0.1, -0.05) is 25.4 Å². The van der Waals surface area contributed by atoms with E-state index in [0.29, 0.717) is 11.6 Å². The molecule has 0 aliphatic rings. The zero-order valence-corrected chi connectivity index (χ0v) is 11.6. The molecule has 0 aliphatic carbocycles. The van der Waals surface area contributed by atoms with Gasteiger partial charge in [0.15, 0.2) is 11.5 Å². The highest BCUT2D eigenvalue weighted by molar-refractivity contribution is 6.33. The third-order valence-electron chi connectivity index (χ3n) is 2.45. The third kappa shape index (κ3) is 3.08. The van der Waals surface area contributed by atoms with Gasteiger partial charge < -0.3 is 5.32 Å². The summed E-state index contributed by atoms with van der Waals surface area (Å²) < 4.78 is 1.59. The first-order valence-corrected chi connectivity index (χ1v) is 6.18. The number of aromatic nitrogens is 4. The smallest absolute Gasteiger partial charge is 0.277 e. The predicted molar refractivity (Wildman–Crippen MR) is 72.3 cm³/mol. The summed E-state index contributed by atoms with van der Waals surface area (Å²) in [4.78, 5) is 20.4. The van der Waals surface area contributed by atoms with Crippen LogP contribution in [0.5, 0.6) is 0 Å². The fourth-order valence-corrected chi connectivity index (χ4v) is 1.65. The number of amides is 1. The van der Waals surface area contributed by atoms with E-state index in [2.05, 4.69) is 20.4 Å². The Bertz CT molecular complexity index is 608. The average Bonchev–Trinajstić information content (AvgIpc) is 2.74. The minimum Gasteiger partial charge on any atom is -0.304 e. The summed E-state index contributed by atoms with van der Waals surface area (Å²) in [5.74, 6) is 0.760. The Balaban J connectivity index is 2.25. The Morgan fingerprint density at radius 3 is 2.79 bits per heavy atom. The Kier molecular flexibility index (Phi) is 3.80. The van der Waals surface area contributed by atoms with E-state index in [1.807, 2.05) is 13.8 Å². The Hall–Kier alpha value is -1.95. The second-order valence-corrected chi connectivity index (χ2v) is 4.82. The van der Waals surface area contributed by atoms with Crippen molar-refractivity contribution in [1.29, 1.82) is 0 Å². The first-order valence-electron chi connectivity index (χ1n) is 5.81. The SMILES string of the molecule is CC(C)c1ncc(Cl)c(C(=O)Nc2ccn(C)n2)n1. The van der Waals surface area contributed by atoms with Crippen LogP contribution in [0.4, 0.5) is 5.82 Å². The molecule has 2 rings (SSSR count). The largest absolute Gasteiger partial charge is 0.304 e.